The zero-order valence-electron chi connectivity index (χ0n) is 19.3. The predicted molar refractivity (Wildman–Crippen MR) is 129 cm³/mol. The number of benzene rings is 3. The fourth-order valence-corrected chi connectivity index (χ4v) is 2.51. The van der Waals surface area contributed by atoms with E-state index in [1.54, 1.807) is 36.5 Å². The molecule has 0 saturated carbocycles. The number of hydrogen-bond donors (Lipinski definition) is 2. The Hall–Kier alpha value is -3.66. The standard InChI is InChI=1S/C18H14N2O.C6H6NO.2CH4O.O.V/c21-17-12-5-4-10-15(17)20-18(14-8-2-1-3-9-14)16-11-6-7-13-19-16;7-5-3-1-2-4-6(5)8;2*1-2;;/h1-13,21H;1-4,7-8H;2*2H,1H3;;/q;-1;;;-2;/p-2. The van der Waals surface area contributed by atoms with Crippen molar-refractivity contribution in [1.82, 2.24) is 4.98 Å². The smallest absolute Gasteiger partial charge is 0.0965 e. The van der Waals surface area contributed by atoms with Crippen LogP contribution in [0.25, 0.3) is 5.73 Å². The minimum absolute atomic E-state index is 0. The van der Waals surface area contributed by atoms with Gasteiger partial charge in [0.15, 0.2) is 0 Å². The Morgan fingerprint density at radius 3 is 1.71 bits per heavy atom. The van der Waals surface area contributed by atoms with Crippen LogP contribution in [0.5, 0.6) is 11.5 Å². The zero-order valence-corrected chi connectivity index (χ0v) is 20.7. The molecule has 3 aromatic carbocycles. The normalized spacial score (nSPS) is 9.20. The summed E-state index contributed by atoms with van der Waals surface area (Å²) < 4.78 is 0. The molecule has 0 bridgehead atoms. The maximum Gasteiger partial charge on any atom is 0.0965 e. The van der Waals surface area contributed by atoms with Crippen molar-refractivity contribution in [3.05, 3.63) is 120 Å². The molecule has 1 radical (unpaired) electrons. The molecule has 4 aromatic rings. The van der Waals surface area contributed by atoms with Crippen LogP contribution in [0.3, 0.4) is 0 Å². The van der Waals surface area contributed by atoms with Gasteiger partial charge in [0.05, 0.1) is 17.1 Å². The summed E-state index contributed by atoms with van der Waals surface area (Å²) in [7, 11) is 2.00. The van der Waals surface area contributed by atoms with E-state index in [-0.39, 0.29) is 41.2 Å². The van der Waals surface area contributed by atoms with Crippen molar-refractivity contribution in [2.75, 3.05) is 14.2 Å². The van der Waals surface area contributed by atoms with Crippen molar-refractivity contribution in [3.63, 3.8) is 0 Å². The van der Waals surface area contributed by atoms with E-state index in [2.05, 4.69) is 9.98 Å². The van der Waals surface area contributed by atoms with Crippen molar-refractivity contribution >= 4 is 17.1 Å². The Morgan fingerprint density at radius 1 is 0.714 bits per heavy atom. The second kappa shape index (κ2) is 19.8. The number of aliphatic hydroxyl groups is 2. The van der Waals surface area contributed by atoms with Gasteiger partial charge in [0.1, 0.15) is 0 Å². The zero-order chi connectivity index (χ0) is 24.5. The summed E-state index contributed by atoms with van der Waals surface area (Å²) in [4.78, 5) is 8.89. The van der Waals surface area contributed by atoms with E-state index >= 15 is 0 Å². The first kappa shape index (κ1) is 33.5. The van der Waals surface area contributed by atoms with Gasteiger partial charge in [0, 0.05) is 44.5 Å². The number of nitrogens with one attached hydrogen (secondary N) is 1. The Labute approximate surface area is 217 Å². The van der Waals surface area contributed by atoms with Gasteiger partial charge in [-0.3, -0.25) is 4.98 Å². The van der Waals surface area contributed by atoms with Gasteiger partial charge in [-0.2, -0.15) is 5.69 Å². The Morgan fingerprint density at radius 2 is 1.23 bits per heavy atom. The molecule has 4 rings (SSSR count). The second-order valence-electron chi connectivity index (χ2n) is 6.01. The average molecular weight is 511 g/mol. The van der Waals surface area contributed by atoms with Crippen LogP contribution >= 0.6 is 0 Å². The molecule has 9 heteroatoms. The molecular weight excluding hydrogens is 485 g/mol. The number of hydrogen-bond acceptors (Lipinski definition) is 6. The number of aromatic nitrogens is 1. The van der Waals surface area contributed by atoms with Crippen LogP contribution in [0.2, 0.25) is 0 Å². The summed E-state index contributed by atoms with van der Waals surface area (Å²) in [6.07, 6.45) is 1.72. The van der Waals surface area contributed by atoms with E-state index in [4.69, 9.17) is 15.9 Å². The molecule has 0 atom stereocenters. The van der Waals surface area contributed by atoms with Crippen molar-refractivity contribution in [2.24, 2.45) is 4.99 Å². The maximum absolute atomic E-state index is 11.9. The molecule has 0 aliphatic heterocycles. The molecule has 0 fully saturated rings. The van der Waals surface area contributed by atoms with E-state index in [1.807, 2.05) is 48.5 Å². The first-order chi connectivity index (χ1) is 16.1. The third-order valence-corrected chi connectivity index (χ3v) is 3.94. The second-order valence-corrected chi connectivity index (χ2v) is 6.01. The fourth-order valence-electron chi connectivity index (χ4n) is 2.51. The fraction of sp³-hybridized carbons (Fsp3) is 0.0769. The van der Waals surface area contributed by atoms with Gasteiger partial charge in [-0.15, -0.1) is 5.75 Å². The number of rotatable bonds is 3. The number of aliphatic imine (C=N–C) groups is 1. The van der Waals surface area contributed by atoms with E-state index in [9.17, 15) is 10.2 Å². The molecular formula is C26H26N3O5V-5. The van der Waals surface area contributed by atoms with Crippen LogP contribution < -0.4 is 10.2 Å². The minimum Gasteiger partial charge on any atom is -2.00 e. The van der Waals surface area contributed by atoms with Crippen LogP contribution in [-0.4, -0.2) is 35.1 Å². The monoisotopic (exact) mass is 511 g/mol. The minimum atomic E-state index is -0.215. The number of para-hydroxylation sites is 3. The molecule has 3 N–H and O–H groups in total. The van der Waals surface area contributed by atoms with Crippen LogP contribution in [-0.2, 0) is 24.0 Å². The van der Waals surface area contributed by atoms with E-state index < -0.39 is 0 Å². The molecule has 8 nitrogen and oxygen atoms in total. The Balaban J connectivity index is 0. The Bertz CT molecular complexity index is 1040. The summed E-state index contributed by atoms with van der Waals surface area (Å²) in [5, 5.41) is 36.3. The van der Waals surface area contributed by atoms with Crippen molar-refractivity contribution in [2.45, 2.75) is 0 Å². The van der Waals surface area contributed by atoms with Crippen LogP contribution in [0.15, 0.2) is 108 Å². The van der Waals surface area contributed by atoms with Gasteiger partial charge in [-0.25, -0.2) is 4.99 Å². The molecule has 0 spiro atoms. The van der Waals surface area contributed by atoms with Crippen LogP contribution in [0, 0.1) is 0 Å². The molecule has 1 aromatic heterocycles. The van der Waals surface area contributed by atoms with E-state index in [0.717, 1.165) is 25.5 Å². The summed E-state index contributed by atoms with van der Waals surface area (Å²) in [6, 6.07) is 28.3. The molecule has 0 saturated heterocycles. The summed E-state index contributed by atoms with van der Waals surface area (Å²) in [5.74, 6) is -0.311. The van der Waals surface area contributed by atoms with Gasteiger partial charge < -0.3 is 31.6 Å². The first-order valence-corrected chi connectivity index (χ1v) is 9.84. The van der Waals surface area contributed by atoms with E-state index in [1.165, 1.54) is 18.2 Å². The third kappa shape index (κ3) is 11.4. The molecule has 0 aliphatic rings. The topological polar surface area (TPSA) is 164 Å². The number of nitrogens with zero attached hydrogens (tertiary/aromatic N) is 2. The van der Waals surface area contributed by atoms with Gasteiger partial charge in [-0.1, -0.05) is 84.6 Å². The molecule has 1 heterocycles. The van der Waals surface area contributed by atoms with Crippen LogP contribution in [0.1, 0.15) is 11.3 Å². The molecule has 0 unspecified atom stereocenters. The van der Waals surface area contributed by atoms with Crippen molar-refractivity contribution in [1.29, 1.82) is 0 Å². The SMILES string of the molecule is CO.CO.[NH-]c1ccccc1[O-].[O-2].[O-]c1ccccc1N=C(c1ccccc1)c1ccccn1.[V]. The molecule has 0 aliphatic carbocycles. The van der Waals surface area contributed by atoms with Gasteiger partial charge in [-0.05, 0) is 18.2 Å². The summed E-state index contributed by atoms with van der Waals surface area (Å²) in [5.41, 5.74) is 9.75. The largest absolute Gasteiger partial charge is 2.00 e. The first-order valence-electron chi connectivity index (χ1n) is 9.84. The third-order valence-electron chi connectivity index (χ3n) is 3.94. The summed E-state index contributed by atoms with van der Waals surface area (Å²) >= 11 is 0. The predicted octanol–water partition coefficient (Wildman–Crippen LogP) is 3.86. The van der Waals surface area contributed by atoms with Gasteiger partial charge in [0.2, 0.25) is 0 Å². The van der Waals surface area contributed by atoms with Crippen LogP contribution in [0.4, 0.5) is 11.4 Å². The van der Waals surface area contributed by atoms with Gasteiger partial charge >= 0.3 is 0 Å². The molecule has 35 heavy (non-hydrogen) atoms. The quantitative estimate of drug-likeness (QED) is 0.398. The Kier molecular flexibility index (Phi) is 18.9. The number of aliphatic hydroxyl groups excluding tert-OH is 2. The average Bonchev–Trinajstić information content (AvgIpc) is 2.89. The van der Waals surface area contributed by atoms with E-state index in [0.29, 0.717) is 11.4 Å². The number of pyridine rings is 1. The van der Waals surface area contributed by atoms with Crippen molar-refractivity contribution in [3.8, 4) is 11.5 Å². The van der Waals surface area contributed by atoms with Gasteiger partial charge in [0.25, 0.3) is 0 Å². The summed E-state index contributed by atoms with van der Waals surface area (Å²) in [6.45, 7) is 0. The van der Waals surface area contributed by atoms with Crippen molar-refractivity contribution < 1.29 is 44.5 Å². The maximum atomic E-state index is 11.9. The molecule has 185 valence electrons. The molecule has 0 amide bonds.